The van der Waals surface area contributed by atoms with Crippen molar-refractivity contribution in [3.63, 3.8) is 0 Å². The van der Waals surface area contributed by atoms with Crippen molar-refractivity contribution in [2.24, 2.45) is 0 Å². The number of ether oxygens (including phenoxy) is 1. The highest BCUT2D eigenvalue weighted by Crippen LogP contribution is 2.40. The van der Waals surface area contributed by atoms with Crippen LogP contribution in [0.2, 0.25) is 0 Å². The van der Waals surface area contributed by atoms with Gasteiger partial charge in [0, 0.05) is 5.92 Å². The summed E-state index contributed by atoms with van der Waals surface area (Å²) >= 11 is 0. The lowest BCUT2D eigenvalue weighted by molar-refractivity contribution is 0.150. The van der Waals surface area contributed by atoms with Gasteiger partial charge in [-0.25, -0.2) is 4.79 Å². The Morgan fingerprint density at radius 3 is 2.79 bits per heavy atom. The first-order valence-electron chi connectivity index (χ1n) is 6.54. The number of nitriles is 1. The zero-order valence-corrected chi connectivity index (χ0v) is 11.1. The Balaban J connectivity index is 2.33. The summed E-state index contributed by atoms with van der Waals surface area (Å²) in [6.07, 6.45) is 3.05. The van der Waals surface area contributed by atoms with Gasteiger partial charge in [0.05, 0.1) is 13.2 Å². The number of rotatable bonds is 2. The van der Waals surface area contributed by atoms with E-state index in [4.69, 9.17) is 0 Å². The molecule has 1 aromatic rings. The quantitative estimate of drug-likeness (QED) is 0.887. The van der Waals surface area contributed by atoms with Crippen molar-refractivity contribution >= 4 is 6.09 Å². The zero-order chi connectivity index (χ0) is 13.7. The molecule has 2 rings (SSSR count). The topological polar surface area (TPSA) is 62.1 Å². The number of hydrogen-bond acceptors (Lipinski definition) is 3. The summed E-state index contributed by atoms with van der Waals surface area (Å²) in [7, 11) is 1.32. The van der Waals surface area contributed by atoms with Gasteiger partial charge in [0.25, 0.3) is 0 Å². The molecular weight excluding hydrogens is 240 g/mol. The smallest absolute Gasteiger partial charge is 0.408 e. The fraction of sp³-hybridized carbons (Fsp3) is 0.467. The van der Waals surface area contributed by atoms with Crippen molar-refractivity contribution in [1.82, 2.24) is 5.32 Å². The Hall–Kier alpha value is -2.02. The molecule has 0 aliphatic heterocycles. The molecule has 0 radical (unpaired) electrons. The van der Waals surface area contributed by atoms with Gasteiger partial charge in [0.2, 0.25) is 0 Å². The summed E-state index contributed by atoms with van der Waals surface area (Å²) in [5.41, 5.74) is 0.243. The third-order valence-electron chi connectivity index (χ3n) is 3.82. The van der Waals surface area contributed by atoms with Crippen LogP contribution in [-0.2, 0) is 4.74 Å². The predicted octanol–water partition coefficient (Wildman–Crippen LogP) is 2.96. The van der Waals surface area contributed by atoms with Gasteiger partial charge in [0.1, 0.15) is 5.54 Å². The van der Waals surface area contributed by atoms with Crippen LogP contribution >= 0.6 is 0 Å². The van der Waals surface area contributed by atoms with Crippen LogP contribution in [0.5, 0.6) is 0 Å². The lowest BCUT2D eigenvalue weighted by atomic mass is 9.70. The van der Waals surface area contributed by atoms with E-state index in [0.717, 1.165) is 24.8 Å². The van der Waals surface area contributed by atoms with Crippen LogP contribution in [0.1, 0.15) is 37.2 Å². The van der Waals surface area contributed by atoms with Crippen molar-refractivity contribution in [1.29, 1.82) is 5.26 Å². The first-order chi connectivity index (χ1) is 9.22. The minimum atomic E-state index is -0.854. The van der Waals surface area contributed by atoms with E-state index in [0.29, 0.717) is 6.42 Å². The van der Waals surface area contributed by atoms with Crippen LogP contribution in [0.4, 0.5) is 4.79 Å². The van der Waals surface area contributed by atoms with Crippen molar-refractivity contribution in [3.05, 3.63) is 35.9 Å². The second-order valence-corrected chi connectivity index (χ2v) is 4.91. The summed E-state index contributed by atoms with van der Waals surface area (Å²) in [5.74, 6) is 0.0200. The Morgan fingerprint density at radius 1 is 1.42 bits per heavy atom. The van der Waals surface area contributed by atoms with E-state index >= 15 is 0 Å². The summed E-state index contributed by atoms with van der Waals surface area (Å²) in [6, 6.07) is 12.2. The van der Waals surface area contributed by atoms with E-state index in [1.807, 2.05) is 30.3 Å². The van der Waals surface area contributed by atoms with E-state index < -0.39 is 11.6 Å². The molecule has 0 unspecified atom stereocenters. The largest absolute Gasteiger partial charge is 0.453 e. The molecule has 0 aromatic heterocycles. The summed E-state index contributed by atoms with van der Waals surface area (Å²) in [6.45, 7) is 0. The molecule has 19 heavy (non-hydrogen) atoms. The number of benzene rings is 1. The molecule has 1 saturated carbocycles. The van der Waals surface area contributed by atoms with Crippen molar-refractivity contribution in [3.8, 4) is 6.07 Å². The standard InChI is InChI=1S/C15H18N2O2/c1-19-14(18)17-15(11-16)10-6-5-9-13(15)12-7-3-2-4-8-12/h2-4,7-8,13H,5-6,9-10H2,1H3,(H,17,18)/t13-,15-/m1/s1. The van der Waals surface area contributed by atoms with Crippen molar-refractivity contribution in [2.75, 3.05) is 7.11 Å². The maximum Gasteiger partial charge on any atom is 0.408 e. The molecule has 1 fully saturated rings. The van der Waals surface area contributed by atoms with E-state index in [1.165, 1.54) is 7.11 Å². The molecule has 2 atom stereocenters. The van der Waals surface area contributed by atoms with Crippen LogP contribution in [-0.4, -0.2) is 18.7 Å². The van der Waals surface area contributed by atoms with Gasteiger partial charge in [-0.2, -0.15) is 5.26 Å². The fourth-order valence-electron chi connectivity index (χ4n) is 2.85. The number of nitrogens with zero attached hydrogens (tertiary/aromatic N) is 1. The second-order valence-electron chi connectivity index (χ2n) is 4.91. The van der Waals surface area contributed by atoms with E-state index in [-0.39, 0.29) is 5.92 Å². The first-order valence-corrected chi connectivity index (χ1v) is 6.54. The first kappa shape index (κ1) is 13.4. The number of carbonyl (C=O) groups is 1. The van der Waals surface area contributed by atoms with Crippen LogP contribution in [0.15, 0.2) is 30.3 Å². The maximum atomic E-state index is 11.5. The molecule has 4 nitrogen and oxygen atoms in total. The van der Waals surface area contributed by atoms with Crippen molar-refractivity contribution in [2.45, 2.75) is 37.1 Å². The van der Waals surface area contributed by atoms with Crippen LogP contribution in [0.3, 0.4) is 0 Å². The SMILES string of the molecule is COC(=O)N[C@@]1(C#N)CCCC[C@@H]1c1ccccc1. The van der Waals surface area contributed by atoms with Crippen LogP contribution in [0, 0.1) is 11.3 Å². The number of methoxy groups -OCH3 is 1. The Labute approximate surface area is 113 Å². The molecule has 1 aromatic carbocycles. The number of nitrogens with one attached hydrogen (secondary N) is 1. The molecular formula is C15H18N2O2. The van der Waals surface area contributed by atoms with E-state index in [1.54, 1.807) is 0 Å². The maximum absolute atomic E-state index is 11.5. The van der Waals surface area contributed by atoms with Gasteiger partial charge < -0.3 is 10.1 Å². The number of hydrogen-bond donors (Lipinski definition) is 1. The lowest BCUT2D eigenvalue weighted by Crippen LogP contribution is -2.53. The Bertz CT molecular complexity index is 481. The highest BCUT2D eigenvalue weighted by molar-refractivity contribution is 5.69. The van der Waals surface area contributed by atoms with Crippen LogP contribution in [0.25, 0.3) is 0 Å². The third-order valence-corrected chi connectivity index (χ3v) is 3.82. The zero-order valence-electron chi connectivity index (χ0n) is 11.1. The molecule has 0 bridgehead atoms. The minimum absolute atomic E-state index is 0.0200. The van der Waals surface area contributed by atoms with Gasteiger partial charge in [-0.15, -0.1) is 0 Å². The summed E-state index contributed by atoms with van der Waals surface area (Å²) in [5, 5.41) is 12.4. The minimum Gasteiger partial charge on any atom is -0.453 e. The highest BCUT2D eigenvalue weighted by Gasteiger charge is 2.43. The molecule has 100 valence electrons. The van der Waals surface area contributed by atoms with Gasteiger partial charge in [-0.3, -0.25) is 0 Å². The molecule has 1 amide bonds. The van der Waals surface area contributed by atoms with Gasteiger partial charge >= 0.3 is 6.09 Å². The molecule has 1 N–H and O–H groups in total. The van der Waals surface area contributed by atoms with Gasteiger partial charge in [0.15, 0.2) is 0 Å². The molecule has 0 saturated heterocycles. The summed E-state index contributed by atoms with van der Waals surface area (Å²) < 4.78 is 4.66. The highest BCUT2D eigenvalue weighted by atomic mass is 16.5. The average Bonchev–Trinajstić information content (AvgIpc) is 2.48. The molecule has 0 spiro atoms. The van der Waals surface area contributed by atoms with Crippen LogP contribution < -0.4 is 5.32 Å². The second kappa shape index (κ2) is 5.75. The van der Waals surface area contributed by atoms with Gasteiger partial charge in [-0.1, -0.05) is 36.8 Å². The fourth-order valence-corrected chi connectivity index (χ4v) is 2.85. The molecule has 4 heteroatoms. The number of amides is 1. The molecule has 1 aliphatic carbocycles. The lowest BCUT2D eigenvalue weighted by Gasteiger charge is -2.39. The average molecular weight is 258 g/mol. The Morgan fingerprint density at radius 2 is 2.16 bits per heavy atom. The number of carbonyl (C=O) groups excluding carboxylic acids is 1. The van der Waals surface area contributed by atoms with E-state index in [2.05, 4.69) is 16.1 Å². The monoisotopic (exact) mass is 258 g/mol. The molecule has 1 aliphatic rings. The number of alkyl carbamates (subject to hydrolysis) is 1. The third kappa shape index (κ3) is 2.70. The van der Waals surface area contributed by atoms with Gasteiger partial charge in [-0.05, 0) is 24.8 Å². The normalized spacial score (nSPS) is 26.2. The molecule has 0 heterocycles. The Kier molecular flexibility index (Phi) is 4.06. The van der Waals surface area contributed by atoms with E-state index in [9.17, 15) is 10.1 Å². The summed E-state index contributed by atoms with van der Waals surface area (Å²) in [4.78, 5) is 11.5. The van der Waals surface area contributed by atoms with Crippen molar-refractivity contribution < 1.29 is 9.53 Å². The predicted molar refractivity (Wildman–Crippen MR) is 71.5 cm³/mol.